The van der Waals surface area contributed by atoms with Crippen molar-refractivity contribution in [3.63, 3.8) is 0 Å². The Balaban J connectivity index is 1.37. The van der Waals surface area contributed by atoms with Crippen LogP contribution in [-0.4, -0.2) is 46.2 Å². The van der Waals surface area contributed by atoms with E-state index in [9.17, 15) is 4.79 Å². The molecule has 3 aromatic heterocycles. The van der Waals surface area contributed by atoms with Gasteiger partial charge in [-0.25, -0.2) is 4.98 Å². The highest BCUT2D eigenvalue weighted by atomic mass is 32.1. The molecule has 1 N–H and O–H groups in total. The molecule has 4 rings (SSSR count). The van der Waals surface area contributed by atoms with Crippen molar-refractivity contribution in [3.05, 3.63) is 41.2 Å². The summed E-state index contributed by atoms with van der Waals surface area (Å²) >= 11 is 1.39. The standard InChI is InChI=1S/C18H20N4O4S/c1-11-7-22(8-12(2)25-11)9-13-10-27-18(19-13)20-17(23)14-6-16(26-21-14)15-4-3-5-24-15/h3-6,10-12H,7-9H2,1-2H3,(H,19,20,23). The third-order valence-corrected chi connectivity index (χ3v) is 4.97. The fourth-order valence-corrected chi connectivity index (χ4v) is 3.85. The summed E-state index contributed by atoms with van der Waals surface area (Å²) in [7, 11) is 0. The molecule has 8 nitrogen and oxygen atoms in total. The van der Waals surface area contributed by atoms with E-state index in [0.717, 1.165) is 25.3 Å². The number of amides is 1. The van der Waals surface area contributed by atoms with Gasteiger partial charge >= 0.3 is 0 Å². The summed E-state index contributed by atoms with van der Waals surface area (Å²) in [5.41, 5.74) is 1.10. The molecule has 27 heavy (non-hydrogen) atoms. The SMILES string of the molecule is CC1CN(Cc2csc(NC(=O)c3cc(-c4ccco4)on3)n2)CC(C)O1. The highest BCUT2D eigenvalue weighted by Crippen LogP contribution is 2.22. The molecule has 1 aliphatic rings. The summed E-state index contributed by atoms with van der Waals surface area (Å²) in [4.78, 5) is 19.2. The normalized spacial score (nSPS) is 20.7. The van der Waals surface area contributed by atoms with Gasteiger partial charge in [0.1, 0.15) is 0 Å². The van der Waals surface area contributed by atoms with Crippen molar-refractivity contribution >= 4 is 22.4 Å². The van der Waals surface area contributed by atoms with Gasteiger partial charge in [-0.3, -0.25) is 15.0 Å². The predicted octanol–water partition coefficient (Wildman–Crippen LogP) is 3.25. The van der Waals surface area contributed by atoms with Crippen LogP contribution in [0.2, 0.25) is 0 Å². The summed E-state index contributed by atoms with van der Waals surface area (Å²) in [5.74, 6) is 0.554. The second-order valence-electron chi connectivity index (χ2n) is 6.60. The lowest BCUT2D eigenvalue weighted by atomic mass is 10.2. The lowest BCUT2D eigenvalue weighted by Crippen LogP contribution is -2.44. The minimum atomic E-state index is -0.369. The number of hydrogen-bond acceptors (Lipinski definition) is 8. The molecule has 1 amide bonds. The van der Waals surface area contributed by atoms with Crippen LogP contribution in [0.4, 0.5) is 5.13 Å². The molecule has 2 unspecified atom stereocenters. The molecule has 4 heterocycles. The molecule has 9 heteroatoms. The van der Waals surface area contributed by atoms with Crippen molar-refractivity contribution in [1.29, 1.82) is 0 Å². The van der Waals surface area contributed by atoms with E-state index in [0.29, 0.717) is 16.7 Å². The van der Waals surface area contributed by atoms with Crippen LogP contribution < -0.4 is 5.32 Å². The third-order valence-electron chi connectivity index (χ3n) is 4.16. The molecular weight excluding hydrogens is 368 g/mol. The topological polar surface area (TPSA) is 93.6 Å². The Morgan fingerprint density at radius 1 is 1.33 bits per heavy atom. The maximum absolute atomic E-state index is 12.4. The van der Waals surface area contributed by atoms with E-state index in [4.69, 9.17) is 13.7 Å². The van der Waals surface area contributed by atoms with Crippen LogP contribution in [0, 0.1) is 0 Å². The lowest BCUT2D eigenvalue weighted by molar-refractivity contribution is -0.0707. The largest absolute Gasteiger partial charge is 0.461 e. The quantitative estimate of drug-likeness (QED) is 0.717. The number of nitrogens with zero attached hydrogens (tertiary/aromatic N) is 3. The van der Waals surface area contributed by atoms with Crippen LogP contribution in [-0.2, 0) is 11.3 Å². The number of thiazole rings is 1. The van der Waals surface area contributed by atoms with Gasteiger partial charge < -0.3 is 13.7 Å². The first-order chi connectivity index (χ1) is 13.1. The summed E-state index contributed by atoms with van der Waals surface area (Å²) in [6.07, 6.45) is 1.95. The number of aromatic nitrogens is 2. The average molecular weight is 388 g/mol. The molecule has 0 bridgehead atoms. The molecule has 3 aromatic rings. The van der Waals surface area contributed by atoms with Crippen LogP contribution in [0.3, 0.4) is 0 Å². The lowest BCUT2D eigenvalue weighted by Gasteiger charge is -2.34. The van der Waals surface area contributed by atoms with Crippen molar-refractivity contribution in [3.8, 4) is 11.5 Å². The minimum absolute atomic E-state index is 0.175. The smallest absolute Gasteiger partial charge is 0.279 e. The first kappa shape index (κ1) is 17.9. The number of carbonyl (C=O) groups excluding carboxylic acids is 1. The molecule has 1 fully saturated rings. The highest BCUT2D eigenvalue weighted by molar-refractivity contribution is 7.13. The van der Waals surface area contributed by atoms with Crippen molar-refractivity contribution in [2.24, 2.45) is 0 Å². The van der Waals surface area contributed by atoms with Gasteiger partial charge in [0, 0.05) is 31.1 Å². The Hall–Kier alpha value is -2.49. The number of anilines is 1. The maximum Gasteiger partial charge on any atom is 0.279 e. The van der Waals surface area contributed by atoms with Gasteiger partial charge in [-0.05, 0) is 26.0 Å². The van der Waals surface area contributed by atoms with Gasteiger partial charge in [0.05, 0.1) is 24.2 Å². The van der Waals surface area contributed by atoms with Crippen molar-refractivity contribution in [2.45, 2.75) is 32.6 Å². The molecule has 0 saturated carbocycles. The molecule has 0 aromatic carbocycles. The number of hydrogen-bond donors (Lipinski definition) is 1. The zero-order valence-electron chi connectivity index (χ0n) is 15.0. The van der Waals surface area contributed by atoms with Gasteiger partial charge in [0.15, 0.2) is 16.6 Å². The predicted molar refractivity (Wildman–Crippen MR) is 99.6 cm³/mol. The molecule has 0 aliphatic carbocycles. The Morgan fingerprint density at radius 2 is 2.15 bits per heavy atom. The van der Waals surface area contributed by atoms with Crippen molar-refractivity contribution in [1.82, 2.24) is 15.0 Å². The minimum Gasteiger partial charge on any atom is -0.461 e. The van der Waals surface area contributed by atoms with E-state index < -0.39 is 0 Å². The zero-order chi connectivity index (χ0) is 18.8. The highest BCUT2D eigenvalue weighted by Gasteiger charge is 2.23. The number of nitrogens with one attached hydrogen (secondary N) is 1. The average Bonchev–Trinajstić information content (AvgIpc) is 3.35. The van der Waals surface area contributed by atoms with Crippen molar-refractivity contribution < 1.29 is 18.5 Å². The fourth-order valence-electron chi connectivity index (χ4n) is 3.16. The Bertz CT molecular complexity index is 894. The van der Waals surface area contributed by atoms with E-state index >= 15 is 0 Å². The molecular formula is C18H20N4O4S. The number of rotatable bonds is 5. The zero-order valence-corrected chi connectivity index (χ0v) is 15.9. The van der Waals surface area contributed by atoms with E-state index in [1.807, 2.05) is 5.38 Å². The van der Waals surface area contributed by atoms with Crippen LogP contribution in [0.5, 0.6) is 0 Å². The Morgan fingerprint density at radius 3 is 2.89 bits per heavy atom. The van der Waals surface area contributed by atoms with E-state index in [1.165, 1.54) is 17.6 Å². The van der Waals surface area contributed by atoms with Gasteiger partial charge in [-0.1, -0.05) is 5.16 Å². The monoisotopic (exact) mass is 388 g/mol. The van der Waals surface area contributed by atoms with Crippen LogP contribution in [0.15, 0.2) is 38.8 Å². The third kappa shape index (κ3) is 4.26. The first-order valence-electron chi connectivity index (χ1n) is 8.71. The van der Waals surface area contributed by atoms with Gasteiger partial charge in [-0.2, -0.15) is 0 Å². The fraction of sp³-hybridized carbons (Fsp3) is 0.389. The first-order valence-corrected chi connectivity index (χ1v) is 9.59. The second-order valence-corrected chi connectivity index (χ2v) is 7.46. The Kier molecular flexibility index (Phi) is 5.06. The van der Waals surface area contributed by atoms with Crippen LogP contribution >= 0.6 is 11.3 Å². The molecule has 2 atom stereocenters. The molecule has 1 saturated heterocycles. The number of furan rings is 1. The molecule has 0 spiro atoms. The summed E-state index contributed by atoms with van der Waals surface area (Å²) < 4.78 is 16.1. The van der Waals surface area contributed by atoms with E-state index in [-0.39, 0.29) is 23.8 Å². The van der Waals surface area contributed by atoms with E-state index in [1.54, 1.807) is 18.2 Å². The molecule has 0 radical (unpaired) electrons. The van der Waals surface area contributed by atoms with Gasteiger partial charge in [0.25, 0.3) is 5.91 Å². The molecule has 142 valence electrons. The van der Waals surface area contributed by atoms with Gasteiger partial charge in [-0.15, -0.1) is 11.3 Å². The van der Waals surface area contributed by atoms with Gasteiger partial charge in [0.2, 0.25) is 5.76 Å². The maximum atomic E-state index is 12.4. The molecule has 1 aliphatic heterocycles. The number of ether oxygens (including phenoxy) is 1. The second kappa shape index (κ2) is 7.63. The summed E-state index contributed by atoms with van der Waals surface area (Å²) in [6, 6.07) is 5.02. The number of carbonyl (C=O) groups is 1. The Labute approximate surface area is 160 Å². The summed E-state index contributed by atoms with van der Waals surface area (Å²) in [6.45, 7) is 6.63. The van der Waals surface area contributed by atoms with Crippen molar-refractivity contribution in [2.75, 3.05) is 18.4 Å². The number of morpholine rings is 1. The van der Waals surface area contributed by atoms with Crippen LogP contribution in [0.25, 0.3) is 11.5 Å². The summed E-state index contributed by atoms with van der Waals surface area (Å²) in [5, 5.41) is 9.05. The van der Waals surface area contributed by atoms with E-state index in [2.05, 4.69) is 34.2 Å². The van der Waals surface area contributed by atoms with Crippen LogP contribution in [0.1, 0.15) is 30.0 Å².